The molecule has 1 aromatic rings. The Morgan fingerprint density at radius 1 is 1.59 bits per heavy atom. The SMILES string of the molecule is CCCC1CCOc2c(C(=O)O)cc(Cl)cc21. The molecule has 2 rings (SSSR count). The Labute approximate surface area is 105 Å². The van der Waals surface area contributed by atoms with Gasteiger partial charge in [-0.1, -0.05) is 24.9 Å². The molecule has 1 aliphatic rings. The predicted octanol–water partition coefficient (Wildman–Crippen LogP) is 3.70. The van der Waals surface area contributed by atoms with E-state index in [-0.39, 0.29) is 5.56 Å². The Hall–Kier alpha value is -1.22. The quantitative estimate of drug-likeness (QED) is 0.895. The van der Waals surface area contributed by atoms with E-state index in [0.29, 0.717) is 23.3 Å². The van der Waals surface area contributed by atoms with E-state index in [1.807, 2.05) is 6.07 Å². The van der Waals surface area contributed by atoms with Crippen LogP contribution in [0.15, 0.2) is 12.1 Å². The minimum atomic E-state index is -0.985. The predicted molar refractivity (Wildman–Crippen MR) is 66.2 cm³/mol. The second kappa shape index (κ2) is 4.96. The highest BCUT2D eigenvalue weighted by Gasteiger charge is 2.26. The average molecular weight is 255 g/mol. The first-order valence-electron chi connectivity index (χ1n) is 5.83. The van der Waals surface area contributed by atoms with Crippen LogP contribution in [0.3, 0.4) is 0 Å². The normalized spacial score (nSPS) is 18.4. The molecule has 0 bridgehead atoms. The van der Waals surface area contributed by atoms with Crippen LogP contribution in [0.2, 0.25) is 5.02 Å². The highest BCUT2D eigenvalue weighted by atomic mass is 35.5. The highest BCUT2D eigenvalue weighted by molar-refractivity contribution is 6.31. The van der Waals surface area contributed by atoms with Crippen LogP contribution in [-0.4, -0.2) is 17.7 Å². The lowest BCUT2D eigenvalue weighted by Gasteiger charge is -2.27. The first-order valence-corrected chi connectivity index (χ1v) is 6.20. The Morgan fingerprint density at radius 3 is 3.00 bits per heavy atom. The van der Waals surface area contributed by atoms with E-state index in [2.05, 4.69) is 6.92 Å². The molecule has 1 unspecified atom stereocenters. The fourth-order valence-corrected chi connectivity index (χ4v) is 2.57. The number of ether oxygens (including phenoxy) is 1. The molecule has 0 saturated carbocycles. The molecule has 0 saturated heterocycles. The van der Waals surface area contributed by atoms with Crippen LogP contribution >= 0.6 is 11.6 Å². The number of hydrogen-bond donors (Lipinski definition) is 1. The van der Waals surface area contributed by atoms with Crippen molar-refractivity contribution in [3.05, 3.63) is 28.3 Å². The van der Waals surface area contributed by atoms with Gasteiger partial charge in [0.15, 0.2) is 0 Å². The van der Waals surface area contributed by atoms with Gasteiger partial charge in [0, 0.05) is 5.02 Å². The molecule has 17 heavy (non-hydrogen) atoms. The van der Waals surface area contributed by atoms with Gasteiger partial charge in [-0.05, 0) is 36.5 Å². The summed E-state index contributed by atoms with van der Waals surface area (Å²) < 4.78 is 5.51. The second-order valence-corrected chi connectivity index (χ2v) is 4.74. The summed E-state index contributed by atoms with van der Waals surface area (Å²) >= 11 is 5.97. The van der Waals surface area contributed by atoms with Gasteiger partial charge < -0.3 is 9.84 Å². The molecule has 0 aromatic heterocycles. The number of carboxylic acid groups (broad SMARTS) is 1. The van der Waals surface area contributed by atoms with Crippen molar-refractivity contribution in [2.75, 3.05) is 6.61 Å². The number of fused-ring (bicyclic) bond motifs is 1. The molecule has 3 nitrogen and oxygen atoms in total. The molecule has 0 radical (unpaired) electrons. The molecule has 1 aromatic carbocycles. The summed E-state index contributed by atoms with van der Waals surface area (Å²) in [5.74, 6) is -0.118. The number of rotatable bonds is 3. The Kier molecular flexibility index (Phi) is 3.57. The molecular weight excluding hydrogens is 240 g/mol. The van der Waals surface area contributed by atoms with Crippen molar-refractivity contribution in [3.8, 4) is 5.75 Å². The van der Waals surface area contributed by atoms with Crippen LogP contribution in [0.5, 0.6) is 5.75 Å². The lowest BCUT2D eigenvalue weighted by Crippen LogP contribution is -2.17. The van der Waals surface area contributed by atoms with E-state index in [1.165, 1.54) is 6.07 Å². The molecule has 0 fully saturated rings. The van der Waals surface area contributed by atoms with Crippen LogP contribution in [0.4, 0.5) is 0 Å². The van der Waals surface area contributed by atoms with E-state index in [0.717, 1.165) is 24.8 Å². The van der Waals surface area contributed by atoms with Gasteiger partial charge >= 0.3 is 5.97 Å². The van der Waals surface area contributed by atoms with E-state index in [4.69, 9.17) is 21.4 Å². The lowest BCUT2D eigenvalue weighted by molar-refractivity contribution is 0.0690. The zero-order valence-corrected chi connectivity index (χ0v) is 10.5. The van der Waals surface area contributed by atoms with Gasteiger partial charge in [0.05, 0.1) is 6.61 Å². The summed E-state index contributed by atoms with van der Waals surface area (Å²) in [7, 11) is 0. The summed E-state index contributed by atoms with van der Waals surface area (Å²) in [6, 6.07) is 3.29. The maximum Gasteiger partial charge on any atom is 0.339 e. The van der Waals surface area contributed by atoms with Gasteiger partial charge in [0.2, 0.25) is 0 Å². The monoisotopic (exact) mass is 254 g/mol. The largest absolute Gasteiger partial charge is 0.492 e. The van der Waals surface area contributed by atoms with Gasteiger partial charge in [0.1, 0.15) is 11.3 Å². The minimum absolute atomic E-state index is 0.174. The first-order chi connectivity index (χ1) is 8.13. The number of hydrogen-bond acceptors (Lipinski definition) is 2. The number of aromatic carboxylic acids is 1. The van der Waals surface area contributed by atoms with E-state index in [9.17, 15) is 4.79 Å². The van der Waals surface area contributed by atoms with E-state index >= 15 is 0 Å². The molecule has 1 atom stereocenters. The van der Waals surface area contributed by atoms with Crippen molar-refractivity contribution in [1.29, 1.82) is 0 Å². The van der Waals surface area contributed by atoms with E-state index in [1.54, 1.807) is 0 Å². The van der Waals surface area contributed by atoms with Crippen LogP contribution < -0.4 is 4.74 Å². The van der Waals surface area contributed by atoms with Gasteiger partial charge in [-0.3, -0.25) is 0 Å². The molecule has 1 N–H and O–H groups in total. The zero-order chi connectivity index (χ0) is 12.4. The molecule has 0 amide bonds. The van der Waals surface area contributed by atoms with Crippen molar-refractivity contribution in [2.24, 2.45) is 0 Å². The van der Waals surface area contributed by atoms with Gasteiger partial charge in [0.25, 0.3) is 0 Å². The van der Waals surface area contributed by atoms with Crippen LogP contribution in [-0.2, 0) is 0 Å². The third-order valence-electron chi connectivity index (χ3n) is 3.10. The lowest BCUT2D eigenvalue weighted by atomic mass is 9.88. The number of carboxylic acids is 1. The fourth-order valence-electron chi connectivity index (χ4n) is 2.34. The molecule has 4 heteroatoms. The number of benzene rings is 1. The Balaban J connectivity index is 2.50. The molecule has 92 valence electrons. The van der Waals surface area contributed by atoms with Crippen LogP contribution in [0.25, 0.3) is 0 Å². The Morgan fingerprint density at radius 2 is 2.35 bits per heavy atom. The highest BCUT2D eigenvalue weighted by Crippen LogP contribution is 2.40. The van der Waals surface area contributed by atoms with Crippen molar-refractivity contribution < 1.29 is 14.6 Å². The summed E-state index contributed by atoms with van der Waals surface area (Å²) in [5.41, 5.74) is 1.12. The smallest absolute Gasteiger partial charge is 0.339 e. The number of halogens is 1. The minimum Gasteiger partial charge on any atom is -0.492 e. The summed E-state index contributed by atoms with van der Waals surface area (Å²) in [5, 5.41) is 9.61. The molecule has 1 heterocycles. The van der Waals surface area contributed by atoms with Gasteiger partial charge in [-0.2, -0.15) is 0 Å². The number of carbonyl (C=O) groups is 1. The van der Waals surface area contributed by atoms with Gasteiger partial charge in [-0.25, -0.2) is 4.79 Å². The summed E-state index contributed by atoms with van der Waals surface area (Å²) in [4.78, 5) is 11.2. The van der Waals surface area contributed by atoms with Gasteiger partial charge in [-0.15, -0.1) is 0 Å². The molecular formula is C13H15ClO3. The van der Waals surface area contributed by atoms with Crippen molar-refractivity contribution in [1.82, 2.24) is 0 Å². The first kappa shape index (κ1) is 12.2. The maximum absolute atomic E-state index is 11.2. The summed E-state index contributed by atoms with van der Waals surface area (Å²) in [6.07, 6.45) is 3.04. The van der Waals surface area contributed by atoms with Crippen molar-refractivity contribution in [2.45, 2.75) is 32.1 Å². The molecule has 0 spiro atoms. The zero-order valence-electron chi connectivity index (χ0n) is 9.70. The maximum atomic E-state index is 11.2. The van der Waals surface area contributed by atoms with Crippen molar-refractivity contribution in [3.63, 3.8) is 0 Å². The van der Waals surface area contributed by atoms with E-state index < -0.39 is 5.97 Å². The van der Waals surface area contributed by atoms with Crippen LogP contribution in [0.1, 0.15) is 48.0 Å². The molecule has 0 aliphatic carbocycles. The Bertz CT molecular complexity index is 443. The topological polar surface area (TPSA) is 46.5 Å². The van der Waals surface area contributed by atoms with Crippen molar-refractivity contribution >= 4 is 17.6 Å². The third kappa shape index (κ3) is 2.39. The summed E-state index contributed by atoms with van der Waals surface area (Å²) in [6.45, 7) is 2.71. The second-order valence-electron chi connectivity index (χ2n) is 4.30. The average Bonchev–Trinajstić information content (AvgIpc) is 2.29. The van der Waals surface area contributed by atoms with Crippen LogP contribution in [0, 0.1) is 0 Å². The standard InChI is InChI=1S/C13H15ClO3/c1-2-3-8-4-5-17-12-10(8)6-9(14)7-11(12)13(15)16/h6-8H,2-5H2,1H3,(H,15,16). The third-order valence-corrected chi connectivity index (χ3v) is 3.32. The fraction of sp³-hybridized carbons (Fsp3) is 0.462. The molecule has 1 aliphatic heterocycles.